The number of hydrogen-bond acceptors (Lipinski definition) is 3. The second-order valence-electron chi connectivity index (χ2n) is 5.97. The average molecular weight is 317 g/mol. The summed E-state index contributed by atoms with van der Waals surface area (Å²) < 4.78 is 0. The largest absolute Gasteiger partial charge is 0.353 e. The minimum absolute atomic E-state index is 0.0324. The van der Waals surface area contributed by atoms with Crippen molar-refractivity contribution in [3.63, 3.8) is 0 Å². The van der Waals surface area contributed by atoms with Gasteiger partial charge in [0.05, 0.1) is 0 Å². The quantitative estimate of drug-likeness (QED) is 0.790. The molecule has 1 fully saturated rings. The highest BCUT2D eigenvalue weighted by molar-refractivity contribution is 5.87. The van der Waals surface area contributed by atoms with Crippen LogP contribution in [0.3, 0.4) is 0 Å². The van der Waals surface area contributed by atoms with Crippen LogP contribution in [0.25, 0.3) is 0 Å². The van der Waals surface area contributed by atoms with Crippen LogP contribution < -0.4 is 10.9 Å². The molecule has 2 rings (SSSR count). The molecule has 1 saturated heterocycles. The number of hydrogen-bond donors (Lipinski definition) is 2. The van der Waals surface area contributed by atoms with Crippen LogP contribution in [0.5, 0.6) is 0 Å². The van der Waals surface area contributed by atoms with E-state index in [0.29, 0.717) is 25.9 Å². The fourth-order valence-electron chi connectivity index (χ4n) is 2.86. The van der Waals surface area contributed by atoms with Gasteiger partial charge in [-0.2, -0.15) is 0 Å². The normalized spacial score (nSPS) is 20.8. The molecule has 1 aliphatic rings. The number of aromatic nitrogens is 1. The first-order chi connectivity index (χ1) is 11.0. The van der Waals surface area contributed by atoms with Gasteiger partial charge in [-0.3, -0.25) is 14.4 Å². The number of piperidine rings is 1. The monoisotopic (exact) mass is 317 g/mol. The van der Waals surface area contributed by atoms with Crippen LogP contribution in [-0.4, -0.2) is 40.8 Å². The van der Waals surface area contributed by atoms with E-state index in [1.165, 1.54) is 12.1 Å². The number of nitrogens with one attached hydrogen (secondary N) is 2. The van der Waals surface area contributed by atoms with Crippen LogP contribution in [0.4, 0.5) is 0 Å². The molecule has 2 N–H and O–H groups in total. The molecule has 0 aromatic carbocycles. The molecule has 1 aromatic rings. The zero-order valence-electron chi connectivity index (χ0n) is 13.4. The summed E-state index contributed by atoms with van der Waals surface area (Å²) in [6.45, 7) is 6.79. The zero-order valence-corrected chi connectivity index (χ0v) is 13.4. The molecule has 0 radical (unpaired) electrons. The standard InChI is InChI=1S/C17H23N3O3/c1-3-17(23)20-10-9-14(12(2)11-20)19-16(22)8-7-13-5-4-6-15(21)18-13/h3-6,12,14H,1,7-11H2,2H3,(H,18,21)(H,19,22). The van der Waals surface area contributed by atoms with Crippen LogP contribution in [0, 0.1) is 5.92 Å². The number of rotatable bonds is 5. The third-order valence-electron chi connectivity index (χ3n) is 4.19. The zero-order chi connectivity index (χ0) is 16.8. The van der Waals surface area contributed by atoms with Crippen LogP contribution in [0.1, 0.15) is 25.5 Å². The number of carbonyl (C=O) groups is 2. The van der Waals surface area contributed by atoms with Gasteiger partial charge in [0.2, 0.25) is 17.4 Å². The number of carbonyl (C=O) groups excluding carboxylic acids is 2. The Morgan fingerprint density at radius 1 is 1.48 bits per heavy atom. The SMILES string of the molecule is C=CC(=O)N1CCC(NC(=O)CCc2cccc(=O)[nH]2)C(C)C1. The summed E-state index contributed by atoms with van der Waals surface area (Å²) in [5.74, 6) is 0.109. The van der Waals surface area contributed by atoms with Crippen molar-refractivity contribution < 1.29 is 9.59 Å². The van der Waals surface area contributed by atoms with Crippen LogP contribution in [0.2, 0.25) is 0 Å². The van der Waals surface area contributed by atoms with E-state index in [4.69, 9.17) is 0 Å². The van der Waals surface area contributed by atoms with Gasteiger partial charge in [0, 0.05) is 37.3 Å². The smallest absolute Gasteiger partial charge is 0.248 e. The van der Waals surface area contributed by atoms with Gasteiger partial charge in [0.25, 0.3) is 0 Å². The molecule has 2 unspecified atom stereocenters. The van der Waals surface area contributed by atoms with E-state index >= 15 is 0 Å². The third kappa shape index (κ3) is 4.81. The predicted molar refractivity (Wildman–Crippen MR) is 87.9 cm³/mol. The maximum absolute atomic E-state index is 12.1. The highest BCUT2D eigenvalue weighted by Crippen LogP contribution is 2.17. The van der Waals surface area contributed by atoms with Gasteiger partial charge in [-0.25, -0.2) is 0 Å². The fourth-order valence-corrected chi connectivity index (χ4v) is 2.86. The topological polar surface area (TPSA) is 82.3 Å². The van der Waals surface area contributed by atoms with E-state index in [1.54, 1.807) is 17.0 Å². The van der Waals surface area contributed by atoms with Crippen LogP contribution in [-0.2, 0) is 16.0 Å². The molecule has 0 aliphatic carbocycles. The summed E-state index contributed by atoms with van der Waals surface area (Å²) >= 11 is 0. The van der Waals surface area contributed by atoms with Crippen molar-refractivity contribution in [2.75, 3.05) is 13.1 Å². The van der Waals surface area contributed by atoms with Gasteiger partial charge < -0.3 is 15.2 Å². The second kappa shape index (κ2) is 7.76. The van der Waals surface area contributed by atoms with Crippen LogP contribution in [0.15, 0.2) is 35.6 Å². The summed E-state index contributed by atoms with van der Waals surface area (Å²) in [6.07, 6.45) is 2.91. The van der Waals surface area contributed by atoms with Gasteiger partial charge in [-0.15, -0.1) is 0 Å². The molecule has 0 bridgehead atoms. The maximum atomic E-state index is 12.1. The van der Waals surface area contributed by atoms with E-state index in [1.807, 2.05) is 6.92 Å². The summed E-state index contributed by atoms with van der Waals surface area (Å²) in [7, 11) is 0. The number of aryl methyl sites for hydroxylation is 1. The molecule has 1 aromatic heterocycles. The lowest BCUT2D eigenvalue weighted by molar-refractivity contribution is -0.128. The van der Waals surface area contributed by atoms with Gasteiger partial charge in [-0.05, 0) is 30.9 Å². The Morgan fingerprint density at radius 3 is 2.91 bits per heavy atom. The third-order valence-corrected chi connectivity index (χ3v) is 4.19. The Hall–Kier alpha value is -2.37. The van der Waals surface area contributed by atoms with Crippen molar-refractivity contribution in [1.82, 2.24) is 15.2 Å². The number of H-pyrrole nitrogens is 1. The molecule has 124 valence electrons. The average Bonchev–Trinajstić information content (AvgIpc) is 2.54. The van der Waals surface area contributed by atoms with E-state index in [0.717, 1.165) is 12.1 Å². The minimum atomic E-state index is -0.157. The Labute approximate surface area is 135 Å². The van der Waals surface area contributed by atoms with Gasteiger partial charge in [0.1, 0.15) is 0 Å². The van der Waals surface area contributed by atoms with Crippen molar-refractivity contribution in [2.45, 2.75) is 32.2 Å². The molecule has 1 aliphatic heterocycles. The summed E-state index contributed by atoms with van der Waals surface area (Å²) in [4.78, 5) is 39.4. The molecule has 23 heavy (non-hydrogen) atoms. The highest BCUT2D eigenvalue weighted by Gasteiger charge is 2.28. The lowest BCUT2D eigenvalue weighted by Gasteiger charge is -2.36. The molecule has 2 amide bonds. The molecule has 6 nitrogen and oxygen atoms in total. The lowest BCUT2D eigenvalue weighted by atomic mass is 9.93. The van der Waals surface area contributed by atoms with E-state index < -0.39 is 0 Å². The Balaban J connectivity index is 1.80. The van der Waals surface area contributed by atoms with Crippen molar-refractivity contribution in [3.8, 4) is 0 Å². The predicted octanol–water partition coefficient (Wildman–Crippen LogP) is 0.847. The second-order valence-corrected chi connectivity index (χ2v) is 5.97. The molecule has 0 saturated carbocycles. The summed E-state index contributed by atoms with van der Waals surface area (Å²) in [5, 5.41) is 3.04. The van der Waals surface area contributed by atoms with E-state index in [-0.39, 0.29) is 29.3 Å². The van der Waals surface area contributed by atoms with Gasteiger partial charge >= 0.3 is 0 Å². The van der Waals surface area contributed by atoms with Gasteiger partial charge in [-0.1, -0.05) is 19.6 Å². The van der Waals surface area contributed by atoms with Crippen molar-refractivity contribution in [2.24, 2.45) is 5.92 Å². The van der Waals surface area contributed by atoms with Crippen molar-refractivity contribution in [1.29, 1.82) is 0 Å². The first-order valence-corrected chi connectivity index (χ1v) is 7.88. The maximum Gasteiger partial charge on any atom is 0.248 e. The first-order valence-electron chi connectivity index (χ1n) is 7.88. The molecule has 6 heteroatoms. The molecule has 2 heterocycles. The van der Waals surface area contributed by atoms with Crippen molar-refractivity contribution in [3.05, 3.63) is 46.9 Å². The van der Waals surface area contributed by atoms with Gasteiger partial charge in [0.15, 0.2) is 0 Å². The Kier molecular flexibility index (Phi) is 5.73. The lowest BCUT2D eigenvalue weighted by Crippen LogP contribution is -2.51. The van der Waals surface area contributed by atoms with Crippen LogP contribution >= 0.6 is 0 Å². The number of amides is 2. The van der Waals surface area contributed by atoms with E-state index in [9.17, 15) is 14.4 Å². The molecular formula is C17H23N3O3. The molecular weight excluding hydrogens is 294 g/mol. The van der Waals surface area contributed by atoms with E-state index in [2.05, 4.69) is 16.9 Å². The first kappa shape index (κ1) is 17.0. The summed E-state index contributed by atoms with van der Waals surface area (Å²) in [5.41, 5.74) is 0.600. The summed E-state index contributed by atoms with van der Waals surface area (Å²) in [6, 6.07) is 5.01. The highest BCUT2D eigenvalue weighted by atomic mass is 16.2. The molecule has 0 spiro atoms. The number of pyridine rings is 1. The fraction of sp³-hybridized carbons (Fsp3) is 0.471. The Morgan fingerprint density at radius 2 is 2.26 bits per heavy atom. The number of aromatic amines is 1. The van der Waals surface area contributed by atoms with Crippen molar-refractivity contribution >= 4 is 11.8 Å². The number of likely N-dealkylation sites (tertiary alicyclic amines) is 1. The minimum Gasteiger partial charge on any atom is -0.353 e. The molecule has 2 atom stereocenters. The number of nitrogens with zero attached hydrogens (tertiary/aromatic N) is 1. The Bertz CT molecular complexity index is 638.